The summed E-state index contributed by atoms with van der Waals surface area (Å²) in [5.74, 6) is -0.122. The van der Waals surface area contributed by atoms with Gasteiger partial charge < -0.3 is 10.1 Å². The topological polar surface area (TPSA) is 38.3 Å². The summed E-state index contributed by atoms with van der Waals surface area (Å²) in [6.07, 6.45) is 0.860. The Kier molecular flexibility index (Phi) is 3.57. The molecule has 1 aliphatic heterocycles. The van der Waals surface area contributed by atoms with Crippen LogP contribution in [0.15, 0.2) is 30.3 Å². The summed E-state index contributed by atoms with van der Waals surface area (Å²) >= 11 is 0. The molecule has 0 amide bonds. The van der Waals surface area contributed by atoms with Crippen molar-refractivity contribution in [2.75, 3.05) is 13.2 Å². The van der Waals surface area contributed by atoms with E-state index in [1.54, 1.807) is 0 Å². The first-order chi connectivity index (χ1) is 7.83. The second kappa shape index (κ2) is 5.12. The van der Waals surface area contributed by atoms with Crippen molar-refractivity contribution in [1.29, 1.82) is 0 Å². The smallest absolute Gasteiger partial charge is 0.310 e. The van der Waals surface area contributed by atoms with Gasteiger partial charge in [0.2, 0.25) is 0 Å². The van der Waals surface area contributed by atoms with Crippen LogP contribution in [-0.4, -0.2) is 19.1 Å². The van der Waals surface area contributed by atoms with E-state index >= 15 is 0 Å². The summed E-state index contributed by atoms with van der Waals surface area (Å²) in [6.45, 7) is 3.18. The highest BCUT2D eigenvalue weighted by molar-refractivity contribution is 5.74. The first-order valence-corrected chi connectivity index (χ1v) is 5.78. The fourth-order valence-corrected chi connectivity index (χ4v) is 2.22. The molecular formula is C13H17NO2. The molecule has 1 heterocycles. The Hall–Kier alpha value is -1.35. The molecule has 2 atom stereocenters. The minimum absolute atomic E-state index is 0.0395. The van der Waals surface area contributed by atoms with Crippen molar-refractivity contribution in [3.63, 3.8) is 0 Å². The number of carbonyl (C=O) groups is 1. The molecule has 1 aliphatic rings. The van der Waals surface area contributed by atoms with Gasteiger partial charge in [-0.15, -0.1) is 0 Å². The molecule has 0 unspecified atom stereocenters. The Morgan fingerprint density at radius 1 is 1.44 bits per heavy atom. The first-order valence-electron chi connectivity index (χ1n) is 5.78. The SMILES string of the molecule is CCOC(=O)[C@@H]1CCN[C@@H]1c1ccccc1. The number of hydrogen-bond acceptors (Lipinski definition) is 3. The maximum atomic E-state index is 11.8. The van der Waals surface area contributed by atoms with E-state index in [0.717, 1.165) is 18.5 Å². The van der Waals surface area contributed by atoms with Gasteiger partial charge in [-0.25, -0.2) is 0 Å². The Morgan fingerprint density at radius 3 is 2.88 bits per heavy atom. The third kappa shape index (κ3) is 2.25. The third-order valence-electron chi connectivity index (χ3n) is 2.97. The second-order valence-electron chi connectivity index (χ2n) is 3.99. The molecule has 1 aromatic rings. The van der Waals surface area contributed by atoms with Gasteiger partial charge in [-0.2, -0.15) is 0 Å². The van der Waals surface area contributed by atoms with E-state index in [9.17, 15) is 4.79 Å². The van der Waals surface area contributed by atoms with Crippen molar-refractivity contribution in [3.8, 4) is 0 Å². The fraction of sp³-hybridized carbons (Fsp3) is 0.462. The molecule has 86 valence electrons. The van der Waals surface area contributed by atoms with Crippen molar-refractivity contribution < 1.29 is 9.53 Å². The highest BCUT2D eigenvalue weighted by Gasteiger charge is 2.34. The summed E-state index contributed by atoms with van der Waals surface area (Å²) in [4.78, 5) is 11.8. The number of carbonyl (C=O) groups excluding carboxylic acids is 1. The molecule has 1 fully saturated rings. The Morgan fingerprint density at radius 2 is 2.19 bits per heavy atom. The van der Waals surface area contributed by atoms with Gasteiger partial charge in [0.1, 0.15) is 0 Å². The summed E-state index contributed by atoms with van der Waals surface area (Å²) < 4.78 is 5.10. The second-order valence-corrected chi connectivity index (χ2v) is 3.99. The van der Waals surface area contributed by atoms with E-state index < -0.39 is 0 Å². The molecule has 0 spiro atoms. The normalized spacial score (nSPS) is 24.3. The molecule has 0 aliphatic carbocycles. The Bertz CT molecular complexity index is 350. The number of hydrogen-bond donors (Lipinski definition) is 1. The lowest BCUT2D eigenvalue weighted by Gasteiger charge is -2.18. The van der Waals surface area contributed by atoms with Crippen molar-refractivity contribution in [2.24, 2.45) is 5.92 Å². The van der Waals surface area contributed by atoms with E-state index in [0.29, 0.717) is 6.61 Å². The van der Waals surface area contributed by atoms with Crippen LogP contribution in [0.1, 0.15) is 24.9 Å². The minimum atomic E-state index is -0.0821. The van der Waals surface area contributed by atoms with Gasteiger partial charge in [0.25, 0.3) is 0 Å². The first kappa shape index (κ1) is 11.1. The zero-order valence-electron chi connectivity index (χ0n) is 9.48. The molecule has 1 aromatic carbocycles. The van der Waals surface area contributed by atoms with Gasteiger partial charge in [-0.05, 0) is 25.5 Å². The lowest BCUT2D eigenvalue weighted by atomic mass is 9.94. The summed E-state index contributed by atoms with van der Waals surface area (Å²) in [5.41, 5.74) is 1.16. The monoisotopic (exact) mass is 219 g/mol. The van der Waals surface area contributed by atoms with Crippen LogP contribution in [0, 0.1) is 5.92 Å². The highest BCUT2D eigenvalue weighted by Crippen LogP contribution is 2.30. The van der Waals surface area contributed by atoms with Crippen LogP contribution in [0.2, 0.25) is 0 Å². The largest absolute Gasteiger partial charge is 0.466 e. The van der Waals surface area contributed by atoms with E-state index in [2.05, 4.69) is 17.4 Å². The number of rotatable bonds is 3. The Labute approximate surface area is 95.8 Å². The number of esters is 1. The number of nitrogens with one attached hydrogen (secondary N) is 1. The molecule has 0 aromatic heterocycles. The summed E-state index contributed by atoms with van der Waals surface area (Å²) in [7, 11) is 0. The molecule has 0 bridgehead atoms. The molecular weight excluding hydrogens is 202 g/mol. The van der Waals surface area contributed by atoms with Crippen LogP contribution in [0.4, 0.5) is 0 Å². The highest BCUT2D eigenvalue weighted by atomic mass is 16.5. The zero-order chi connectivity index (χ0) is 11.4. The van der Waals surface area contributed by atoms with Gasteiger partial charge >= 0.3 is 5.97 Å². The fourth-order valence-electron chi connectivity index (χ4n) is 2.22. The van der Waals surface area contributed by atoms with Gasteiger partial charge in [0, 0.05) is 6.04 Å². The molecule has 3 heteroatoms. The number of benzene rings is 1. The average molecular weight is 219 g/mol. The van der Waals surface area contributed by atoms with Crippen LogP contribution in [0.5, 0.6) is 0 Å². The molecule has 0 radical (unpaired) electrons. The van der Waals surface area contributed by atoms with Crippen molar-refractivity contribution >= 4 is 5.97 Å². The Balaban J connectivity index is 2.12. The predicted molar refractivity (Wildman–Crippen MR) is 61.9 cm³/mol. The van der Waals surface area contributed by atoms with E-state index in [1.165, 1.54) is 0 Å². The lowest BCUT2D eigenvalue weighted by Crippen LogP contribution is -2.25. The van der Waals surface area contributed by atoms with Gasteiger partial charge in [-0.1, -0.05) is 30.3 Å². The van der Waals surface area contributed by atoms with E-state index in [4.69, 9.17) is 4.74 Å². The van der Waals surface area contributed by atoms with Crippen molar-refractivity contribution in [3.05, 3.63) is 35.9 Å². The summed E-state index contributed by atoms with van der Waals surface area (Å²) in [6, 6.07) is 10.2. The van der Waals surface area contributed by atoms with Gasteiger partial charge in [0.05, 0.1) is 12.5 Å². The molecule has 3 nitrogen and oxygen atoms in total. The minimum Gasteiger partial charge on any atom is -0.466 e. The summed E-state index contributed by atoms with van der Waals surface area (Å²) in [5, 5.41) is 3.36. The van der Waals surface area contributed by atoms with Crippen LogP contribution >= 0.6 is 0 Å². The molecule has 2 rings (SSSR count). The molecule has 1 N–H and O–H groups in total. The maximum Gasteiger partial charge on any atom is 0.310 e. The van der Waals surface area contributed by atoms with Crippen LogP contribution in [0.25, 0.3) is 0 Å². The van der Waals surface area contributed by atoms with Crippen molar-refractivity contribution in [2.45, 2.75) is 19.4 Å². The van der Waals surface area contributed by atoms with Crippen LogP contribution < -0.4 is 5.32 Å². The van der Waals surface area contributed by atoms with Gasteiger partial charge in [0.15, 0.2) is 0 Å². The van der Waals surface area contributed by atoms with Crippen molar-refractivity contribution in [1.82, 2.24) is 5.32 Å². The van der Waals surface area contributed by atoms with Crippen LogP contribution in [-0.2, 0) is 9.53 Å². The predicted octanol–water partition coefficient (Wildman–Crippen LogP) is 1.90. The number of ether oxygens (including phenoxy) is 1. The molecule has 0 saturated carbocycles. The molecule has 16 heavy (non-hydrogen) atoms. The average Bonchev–Trinajstić information content (AvgIpc) is 2.79. The lowest BCUT2D eigenvalue weighted by molar-refractivity contribution is -0.148. The van der Waals surface area contributed by atoms with E-state index in [-0.39, 0.29) is 17.9 Å². The van der Waals surface area contributed by atoms with Crippen LogP contribution in [0.3, 0.4) is 0 Å². The van der Waals surface area contributed by atoms with Gasteiger partial charge in [-0.3, -0.25) is 4.79 Å². The standard InChI is InChI=1S/C13H17NO2/c1-2-16-13(15)11-8-9-14-12(11)10-6-4-3-5-7-10/h3-7,11-12,14H,2,8-9H2,1H3/t11-,12-/m1/s1. The third-order valence-corrected chi connectivity index (χ3v) is 2.97. The van der Waals surface area contributed by atoms with E-state index in [1.807, 2.05) is 25.1 Å². The quantitative estimate of drug-likeness (QED) is 0.789. The maximum absolute atomic E-state index is 11.8. The molecule has 1 saturated heterocycles. The zero-order valence-corrected chi connectivity index (χ0v) is 9.48.